The van der Waals surface area contributed by atoms with Crippen LogP contribution in [0.5, 0.6) is 0 Å². The Labute approximate surface area is 135 Å². The Bertz CT molecular complexity index is 651. The SMILES string of the molecule is Cc1cc(CC(=O)NCCc2nc3c(s2)CCC3)cc(C)n1. The maximum Gasteiger partial charge on any atom is 0.224 e. The van der Waals surface area contributed by atoms with Crippen molar-refractivity contribution < 1.29 is 4.79 Å². The van der Waals surface area contributed by atoms with Gasteiger partial charge in [0.15, 0.2) is 0 Å². The summed E-state index contributed by atoms with van der Waals surface area (Å²) in [6, 6.07) is 3.94. The number of aromatic nitrogens is 2. The van der Waals surface area contributed by atoms with Crippen LogP contribution in [0.4, 0.5) is 0 Å². The fourth-order valence-corrected chi connectivity index (χ4v) is 4.09. The number of pyridine rings is 1. The van der Waals surface area contributed by atoms with Crippen molar-refractivity contribution in [1.29, 1.82) is 0 Å². The van der Waals surface area contributed by atoms with Gasteiger partial charge in [-0.25, -0.2) is 4.98 Å². The summed E-state index contributed by atoms with van der Waals surface area (Å²) in [6.07, 6.45) is 4.80. The largest absolute Gasteiger partial charge is 0.355 e. The molecule has 0 unspecified atom stereocenters. The van der Waals surface area contributed by atoms with Crippen LogP contribution in [0.3, 0.4) is 0 Å². The molecule has 2 heterocycles. The fourth-order valence-electron chi connectivity index (χ4n) is 2.93. The molecule has 0 atom stereocenters. The molecule has 2 aromatic rings. The third kappa shape index (κ3) is 3.71. The summed E-state index contributed by atoms with van der Waals surface area (Å²) in [5.41, 5.74) is 4.23. The standard InChI is InChI=1S/C17H21N3OS/c1-11-8-13(9-12(2)19-11)10-16(21)18-7-6-17-20-14-4-3-5-15(14)22-17/h8-9H,3-7,10H2,1-2H3,(H,18,21). The zero-order chi connectivity index (χ0) is 15.5. The smallest absolute Gasteiger partial charge is 0.224 e. The topological polar surface area (TPSA) is 54.9 Å². The van der Waals surface area contributed by atoms with Gasteiger partial charge in [-0.1, -0.05) is 0 Å². The Hall–Kier alpha value is -1.75. The third-order valence-corrected chi connectivity index (χ3v) is 5.02. The number of hydrogen-bond donors (Lipinski definition) is 1. The second-order valence-electron chi connectivity index (χ2n) is 5.87. The molecule has 0 aliphatic heterocycles. The molecule has 0 saturated carbocycles. The highest BCUT2D eigenvalue weighted by molar-refractivity contribution is 7.11. The van der Waals surface area contributed by atoms with Crippen molar-refractivity contribution in [3.8, 4) is 0 Å². The van der Waals surface area contributed by atoms with E-state index in [0.29, 0.717) is 13.0 Å². The van der Waals surface area contributed by atoms with E-state index in [9.17, 15) is 4.79 Å². The van der Waals surface area contributed by atoms with Gasteiger partial charge < -0.3 is 5.32 Å². The number of nitrogens with zero attached hydrogens (tertiary/aromatic N) is 2. The zero-order valence-electron chi connectivity index (χ0n) is 13.1. The van der Waals surface area contributed by atoms with E-state index in [2.05, 4.69) is 15.3 Å². The Balaban J connectivity index is 1.47. The second-order valence-corrected chi connectivity index (χ2v) is 7.03. The summed E-state index contributed by atoms with van der Waals surface area (Å²) in [7, 11) is 0. The van der Waals surface area contributed by atoms with Gasteiger partial charge in [0.1, 0.15) is 0 Å². The molecule has 1 amide bonds. The van der Waals surface area contributed by atoms with E-state index < -0.39 is 0 Å². The van der Waals surface area contributed by atoms with E-state index in [0.717, 1.165) is 34.8 Å². The van der Waals surface area contributed by atoms with Crippen LogP contribution >= 0.6 is 11.3 Å². The second kappa shape index (κ2) is 6.57. The van der Waals surface area contributed by atoms with E-state index in [1.54, 1.807) is 0 Å². The minimum atomic E-state index is 0.0640. The average molecular weight is 315 g/mol. The number of carbonyl (C=O) groups excluding carboxylic acids is 1. The Morgan fingerprint density at radius 2 is 2.00 bits per heavy atom. The van der Waals surface area contributed by atoms with Gasteiger partial charge in [0.05, 0.1) is 17.1 Å². The van der Waals surface area contributed by atoms with Gasteiger partial charge >= 0.3 is 0 Å². The van der Waals surface area contributed by atoms with Gasteiger partial charge in [-0.2, -0.15) is 0 Å². The average Bonchev–Trinajstić information content (AvgIpc) is 2.98. The van der Waals surface area contributed by atoms with E-state index in [4.69, 9.17) is 0 Å². The van der Waals surface area contributed by atoms with Crippen LogP contribution in [0, 0.1) is 13.8 Å². The predicted octanol–water partition coefficient (Wildman–Crippen LogP) is 2.55. The predicted molar refractivity (Wildman–Crippen MR) is 88.3 cm³/mol. The van der Waals surface area contributed by atoms with Crippen LogP contribution in [0.25, 0.3) is 0 Å². The highest BCUT2D eigenvalue weighted by atomic mass is 32.1. The maximum atomic E-state index is 12.0. The van der Waals surface area contributed by atoms with Gasteiger partial charge in [0.2, 0.25) is 5.91 Å². The summed E-state index contributed by atoms with van der Waals surface area (Å²) >= 11 is 1.81. The molecule has 22 heavy (non-hydrogen) atoms. The van der Waals surface area contributed by atoms with Crippen LogP contribution in [0.2, 0.25) is 0 Å². The van der Waals surface area contributed by atoms with Crippen LogP contribution < -0.4 is 5.32 Å². The lowest BCUT2D eigenvalue weighted by atomic mass is 10.1. The normalized spacial score (nSPS) is 13.2. The molecule has 0 fully saturated rings. The van der Waals surface area contributed by atoms with E-state index in [1.165, 1.54) is 23.4 Å². The Morgan fingerprint density at radius 1 is 1.23 bits per heavy atom. The molecule has 1 aliphatic carbocycles. The number of aryl methyl sites for hydroxylation is 4. The van der Waals surface area contributed by atoms with Gasteiger partial charge in [-0.3, -0.25) is 9.78 Å². The first-order chi connectivity index (χ1) is 10.6. The molecule has 0 radical (unpaired) electrons. The Morgan fingerprint density at radius 3 is 2.73 bits per heavy atom. The molecule has 0 saturated heterocycles. The van der Waals surface area contributed by atoms with E-state index in [-0.39, 0.29) is 5.91 Å². The van der Waals surface area contributed by atoms with Crippen LogP contribution in [0.1, 0.15) is 39.0 Å². The van der Waals surface area contributed by atoms with Gasteiger partial charge in [0.25, 0.3) is 0 Å². The monoisotopic (exact) mass is 315 g/mol. The first kappa shape index (κ1) is 15.2. The molecular weight excluding hydrogens is 294 g/mol. The quantitative estimate of drug-likeness (QED) is 0.922. The lowest BCUT2D eigenvalue weighted by molar-refractivity contribution is -0.120. The number of nitrogens with one attached hydrogen (secondary N) is 1. The lowest BCUT2D eigenvalue weighted by Crippen LogP contribution is -2.27. The summed E-state index contributed by atoms with van der Waals surface area (Å²) < 4.78 is 0. The summed E-state index contributed by atoms with van der Waals surface area (Å²) in [6.45, 7) is 4.57. The molecule has 3 rings (SSSR count). The maximum absolute atomic E-state index is 12.0. The summed E-state index contributed by atoms with van der Waals surface area (Å²) in [5.74, 6) is 0.0640. The number of thiazole rings is 1. The molecule has 0 spiro atoms. The zero-order valence-corrected chi connectivity index (χ0v) is 13.9. The highest BCUT2D eigenvalue weighted by Crippen LogP contribution is 2.27. The molecule has 2 aromatic heterocycles. The number of fused-ring (bicyclic) bond motifs is 1. The van der Waals surface area contributed by atoms with Crippen molar-refractivity contribution in [3.63, 3.8) is 0 Å². The van der Waals surface area contributed by atoms with Crippen molar-refractivity contribution in [2.75, 3.05) is 6.54 Å². The van der Waals surface area contributed by atoms with Gasteiger partial charge in [-0.05, 0) is 50.8 Å². The minimum Gasteiger partial charge on any atom is -0.355 e. The highest BCUT2D eigenvalue weighted by Gasteiger charge is 2.16. The third-order valence-electron chi connectivity index (χ3n) is 3.81. The van der Waals surface area contributed by atoms with Crippen molar-refractivity contribution >= 4 is 17.2 Å². The fraction of sp³-hybridized carbons (Fsp3) is 0.471. The number of amides is 1. The molecule has 0 bridgehead atoms. The van der Waals surface area contributed by atoms with E-state index in [1.807, 2.05) is 37.3 Å². The summed E-state index contributed by atoms with van der Waals surface area (Å²) in [5, 5.41) is 4.14. The van der Waals surface area contributed by atoms with Crippen molar-refractivity contribution in [2.45, 2.75) is 46.0 Å². The molecule has 1 N–H and O–H groups in total. The summed E-state index contributed by atoms with van der Waals surface area (Å²) in [4.78, 5) is 22.4. The minimum absolute atomic E-state index is 0.0640. The molecule has 1 aliphatic rings. The molecule has 0 aromatic carbocycles. The van der Waals surface area contributed by atoms with Gasteiger partial charge in [0, 0.05) is 29.2 Å². The molecule has 116 valence electrons. The van der Waals surface area contributed by atoms with Crippen LogP contribution in [-0.4, -0.2) is 22.4 Å². The van der Waals surface area contributed by atoms with Crippen LogP contribution in [-0.2, 0) is 30.5 Å². The Kier molecular flexibility index (Phi) is 4.52. The van der Waals surface area contributed by atoms with Crippen molar-refractivity contribution in [2.24, 2.45) is 0 Å². The first-order valence-corrected chi connectivity index (χ1v) is 8.60. The first-order valence-electron chi connectivity index (χ1n) is 7.78. The van der Waals surface area contributed by atoms with Crippen molar-refractivity contribution in [3.05, 3.63) is 44.7 Å². The van der Waals surface area contributed by atoms with Crippen LogP contribution in [0.15, 0.2) is 12.1 Å². The number of carbonyl (C=O) groups is 1. The number of rotatable bonds is 5. The lowest BCUT2D eigenvalue weighted by Gasteiger charge is -2.06. The molecule has 5 heteroatoms. The van der Waals surface area contributed by atoms with Gasteiger partial charge in [-0.15, -0.1) is 11.3 Å². The molecule has 4 nitrogen and oxygen atoms in total. The van der Waals surface area contributed by atoms with E-state index >= 15 is 0 Å². The number of hydrogen-bond acceptors (Lipinski definition) is 4. The van der Waals surface area contributed by atoms with Crippen molar-refractivity contribution in [1.82, 2.24) is 15.3 Å². The molecular formula is C17H21N3OS.